The monoisotopic (exact) mass is 414 g/mol. The van der Waals surface area contributed by atoms with Crippen LogP contribution in [0.15, 0.2) is 53.9 Å². The summed E-state index contributed by atoms with van der Waals surface area (Å²) >= 11 is 1.28. The third-order valence-electron chi connectivity index (χ3n) is 4.05. The summed E-state index contributed by atoms with van der Waals surface area (Å²) in [6.07, 6.45) is -1.18. The van der Waals surface area contributed by atoms with Crippen molar-refractivity contribution in [3.05, 3.63) is 65.3 Å². The number of ether oxygens (including phenoxy) is 2. The van der Waals surface area contributed by atoms with Crippen molar-refractivity contribution in [1.82, 2.24) is 4.98 Å². The van der Waals surface area contributed by atoms with Crippen molar-refractivity contribution in [2.75, 3.05) is 12.4 Å². The smallest absolute Gasteiger partial charge is 0.311 e. The molecule has 0 saturated heterocycles. The van der Waals surface area contributed by atoms with Gasteiger partial charge in [0.25, 0.3) is 5.91 Å². The number of hydrogen-bond donors (Lipinski definition) is 1. The van der Waals surface area contributed by atoms with Crippen LogP contribution in [0.2, 0.25) is 0 Å². The lowest BCUT2D eigenvalue weighted by molar-refractivity contribution is -0.152. The molecule has 3 aromatic rings. The summed E-state index contributed by atoms with van der Waals surface area (Å²) in [7, 11) is 1.36. The number of methoxy groups -OCH3 is 1. The first-order valence-corrected chi connectivity index (χ1v) is 9.68. The molecule has 2 aromatic carbocycles. The summed E-state index contributed by atoms with van der Waals surface area (Å²) in [4.78, 5) is 28.7. The van der Waals surface area contributed by atoms with Gasteiger partial charge in [0.15, 0.2) is 22.8 Å². The van der Waals surface area contributed by atoms with Crippen molar-refractivity contribution in [2.24, 2.45) is 0 Å². The standard InChI is InChI=1S/C21H19FN2O4S/c1-13(28-19(25)11-14-8-9-18(27-2)16(22)10-14)20(26)24-21-23-17(12-29-21)15-6-4-3-5-7-15/h3-10,12-13H,11H2,1-2H3,(H,23,24,26)/t13-/m1/s1. The number of carbonyl (C=O) groups excluding carboxylic acids is 2. The Kier molecular flexibility index (Phi) is 6.56. The Morgan fingerprint density at radius 3 is 2.66 bits per heavy atom. The van der Waals surface area contributed by atoms with Gasteiger partial charge in [-0.3, -0.25) is 14.9 Å². The van der Waals surface area contributed by atoms with Crippen LogP contribution in [-0.2, 0) is 20.7 Å². The van der Waals surface area contributed by atoms with Crippen LogP contribution in [-0.4, -0.2) is 30.1 Å². The zero-order valence-corrected chi connectivity index (χ0v) is 16.7. The van der Waals surface area contributed by atoms with E-state index < -0.39 is 23.8 Å². The Morgan fingerprint density at radius 1 is 1.21 bits per heavy atom. The number of halogens is 1. The highest BCUT2D eigenvalue weighted by Crippen LogP contribution is 2.24. The molecule has 0 aliphatic rings. The lowest BCUT2D eigenvalue weighted by atomic mass is 10.1. The third kappa shape index (κ3) is 5.39. The normalized spacial score (nSPS) is 11.6. The number of hydrogen-bond acceptors (Lipinski definition) is 6. The third-order valence-corrected chi connectivity index (χ3v) is 4.80. The zero-order chi connectivity index (χ0) is 20.8. The molecule has 1 aromatic heterocycles. The molecule has 1 atom stereocenters. The molecule has 1 N–H and O–H groups in total. The largest absolute Gasteiger partial charge is 0.494 e. The van der Waals surface area contributed by atoms with E-state index in [9.17, 15) is 14.0 Å². The molecule has 29 heavy (non-hydrogen) atoms. The Hall–Kier alpha value is -3.26. The van der Waals surface area contributed by atoms with Gasteiger partial charge in [-0.1, -0.05) is 36.4 Å². The first-order chi connectivity index (χ1) is 14.0. The van der Waals surface area contributed by atoms with Crippen molar-refractivity contribution in [1.29, 1.82) is 0 Å². The fourth-order valence-corrected chi connectivity index (χ4v) is 3.28. The van der Waals surface area contributed by atoms with E-state index in [1.807, 2.05) is 35.7 Å². The Labute approximate surface area is 171 Å². The molecule has 0 fully saturated rings. The quantitative estimate of drug-likeness (QED) is 0.590. The summed E-state index contributed by atoms with van der Waals surface area (Å²) < 4.78 is 23.7. The average Bonchev–Trinajstić information content (AvgIpc) is 3.17. The van der Waals surface area contributed by atoms with Gasteiger partial charge in [-0.2, -0.15) is 0 Å². The maximum atomic E-state index is 13.7. The lowest BCUT2D eigenvalue weighted by Crippen LogP contribution is -2.30. The van der Waals surface area contributed by atoms with E-state index in [-0.39, 0.29) is 12.2 Å². The molecular weight excluding hydrogens is 395 g/mol. The topological polar surface area (TPSA) is 77.5 Å². The second-order valence-electron chi connectivity index (χ2n) is 6.17. The number of benzene rings is 2. The van der Waals surface area contributed by atoms with Crippen molar-refractivity contribution >= 4 is 28.3 Å². The van der Waals surface area contributed by atoms with Crippen LogP contribution in [0.5, 0.6) is 5.75 Å². The van der Waals surface area contributed by atoms with Crippen molar-refractivity contribution in [2.45, 2.75) is 19.4 Å². The first kappa shape index (κ1) is 20.5. The average molecular weight is 414 g/mol. The van der Waals surface area contributed by atoms with Gasteiger partial charge >= 0.3 is 5.97 Å². The second kappa shape index (κ2) is 9.29. The first-order valence-electron chi connectivity index (χ1n) is 8.80. The van der Waals surface area contributed by atoms with Crippen LogP contribution in [0, 0.1) is 5.82 Å². The van der Waals surface area contributed by atoms with Gasteiger partial charge in [-0.05, 0) is 24.6 Å². The van der Waals surface area contributed by atoms with Gasteiger partial charge in [0.05, 0.1) is 19.2 Å². The Morgan fingerprint density at radius 2 is 1.97 bits per heavy atom. The molecule has 1 heterocycles. The second-order valence-corrected chi connectivity index (χ2v) is 7.03. The fourth-order valence-electron chi connectivity index (χ4n) is 2.56. The highest BCUT2D eigenvalue weighted by molar-refractivity contribution is 7.14. The van der Waals surface area contributed by atoms with Crippen LogP contribution >= 0.6 is 11.3 Å². The molecule has 8 heteroatoms. The molecule has 150 valence electrons. The van der Waals surface area contributed by atoms with E-state index in [1.165, 1.54) is 37.5 Å². The molecular formula is C21H19FN2O4S. The maximum Gasteiger partial charge on any atom is 0.311 e. The molecule has 0 aliphatic heterocycles. The van der Waals surface area contributed by atoms with E-state index in [4.69, 9.17) is 9.47 Å². The maximum absolute atomic E-state index is 13.7. The van der Waals surface area contributed by atoms with Crippen molar-refractivity contribution < 1.29 is 23.5 Å². The van der Waals surface area contributed by atoms with Crippen molar-refractivity contribution in [3.8, 4) is 17.0 Å². The molecule has 0 aliphatic carbocycles. The summed E-state index contributed by atoms with van der Waals surface area (Å²) in [5.74, 6) is -1.61. The molecule has 1 amide bonds. The minimum atomic E-state index is -1.02. The summed E-state index contributed by atoms with van der Waals surface area (Å²) in [5, 5.41) is 4.88. The number of anilines is 1. The minimum Gasteiger partial charge on any atom is -0.494 e. The Balaban J connectivity index is 1.54. The molecule has 0 unspecified atom stereocenters. The predicted octanol–water partition coefficient (Wildman–Crippen LogP) is 4.07. The fraction of sp³-hybridized carbons (Fsp3) is 0.190. The van der Waals surface area contributed by atoms with Crippen LogP contribution in [0.4, 0.5) is 9.52 Å². The summed E-state index contributed by atoms with van der Waals surface area (Å²) in [5.41, 5.74) is 2.11. The van der Waals surface area contributed by atoms with E-state index in [1.54, 1.807) is 6.07 Å². The SMILES string of the molecule is COc1ccc(CC(=O)O[C@H](C)C(=O)Nc2nc(-c3ccccc3)cs2)cc1F. The van der Waals surface area contributed by atoms with E-state index in [0.29, 0.717) is 10.7 Å². The number of nitrogens with one attached hydrogen (secondary N) is 1. The van der Waals surface area contributed by atoms with Crippen molar-refractivity contribution in [3.63, 3.8) is 0 Å². The number of nitrogens with zero attached hydrogens (tertiary/aromatic N) is 1. The number of carbonyl (C=O) groups is 2. The van der Waals surface area contributed by atoms with Crippen LogP contribution in [0.3, 0.4) is 0 Å². The van der Waals surface area contributed by atoms with Crippen LogP contribution in [0.1, 0.15) is 12.5 Å². The summed E-state index contributed by atoms with van der Waals surface area (Å²) in [6, 6.07) is 13.8. The van der Waals surface area contributed by atoms with Gasteiger partial charge in [0.1, 0.15) is 0 Å². The van der Waals surface area contributed by atoms with E-state index >= 15 is 0 Å². The molecule has 3 rings (SSSR count). The molecule has 0 saturated carbocycles. The molecule has 0 radical (unpaired) electrons. The van der Waals surface area contributed by atoms with E-state index in [0.717, 1.165) is 11.3 Å². The number of aromatic nitrogens is 1. The lowest BCUT2D eigenvalue weighted by Gasteiger charge is -2.12. The zero-order valence-electron chi connectivity index (χ0n) is 15.8. The number of rotatable bonds is 7. The van der Waals surface area contributed by atoms with Gasteiger partial charge in [0.2, 0.25) is 0 Å². The van der Waals surface area contributed by atoms with Gasteiger partial charge < -0.3 is 9.47 Å². The highest BCUT2D eigenvalue weighted by atomic mass is 32.1. The highest BCUT2D eigenvalue weighted by Gasteiger charge is 2.20. The molecule has 6 nitrogen and oxygen atoms in total. The van der Waals surface area contributed by atoms with Gasteiger partial charge in [0, 0.05) is 10.9 Å². The van der Waals surface area contributed by atoms with Gasteiger partial charge in [-0.25, -0.2) is 9.37 Å². The number of thiazole rings is 1. The molecule has 0 bridgehead atoms. The molecule has 0 spiro atoms. The number of esters is 1. The minimum absolute atomic E-state index is 0.0909. The van der Waals surface area contributed by atoms with E-state index in [2.05, 4.69) is 10.3 Å². The number of amides is 1. The summed E-state index contributed by atoms with van der Waals surface area (Å²) in [6.45, 7) is 1.47. The van der Waals surface area contributed by atoms with Crippen LogP contribution < -0.4 is 10.1 Å². The van der Waals surface area contributed by atoms with Crippen LogP contribution in [0.25, 0.3) is 11.3 Å². The predicted molar refractivity (Wildman–Crippen MR) is 108 cm³/mol. The van der Waals surface area contributed by atoms with Gasteiger partial charge in [-0.15, -0.1) is 11.3 Å². The Bertz CT molecular complexity index is 1010.